The Hall–Kier alpha value is -3.92. The number of anilines is 1. The fraction of sp³-hybridized carbons (Fsp3) is 0.125. The van der Waals surface area contributed by atoms with Gasteiger partial charge in [0, 0.05) is 24.5 Å². The number of ether oxygens (including phenoxy) is 1. The first-order valence-electron chi connectivity index (χ1n) is 10.3. The van der Waals surface area contributed by atoms with E-state index in [0.717, 1.165) is 24.8 Å². The number of rotatable bonds is 6. The van der Waals surface area contributed by atoms with Gasteiger partial charge in [0.15, 0.2) is 5.83 Å². The Kier molecular flexibility index (Phi) is 7.02. The molecule has 1 aromatic heterocycles. The largest absolute Gasteiger partial charge is 0.457 e. The SMILES string of the molecule is O=C(Nc1ccc(Cl)c(C(F)(F)F)c1)/C(F)=C/c1cccc(Oc2ccnc(C3=NCCN3)c2)c1. The van der Waals surface area contributed by atoms with Gasteiger partial charge in [0.1, 0.15) is 23.0 Å². The minimum Gasteiger partial charge on any atom is -0.457 e. The predicted molar refractivity (Wildman–Crippen MR) is 124 cm³/mol. The average Bonchev–Trinajstić information content (AvgIpc) is 3.35. The van der Waals surface area contributed by atoms with Crippen molar-refractivity contribution in [3.05, 3.63) is 88.5 Å². The van der Waals surface area contributed by atoms with E-state index < -0.39 is 28.5 Å². The van der Waals surface area contributed by atoms with Gasteiger partial charge in [-0.2, -0.15) is 13.2 Å². The summed E-state index contributed by atoms with van der Waals surface area (Å²) < 4.78 is 59.3. The molecule has 180 valence electrons. The standard InChI is InChI=1S/C24H17ClF4N4O2/c25-19-5-4-15(12-18(19)24(27,28)29)33-23(34)20(26)11-14-2-1-3-16(10-14)35-17-6-7-30-21(13-17)22-31-8-9-32-22/h1-7,10-13H,8-9H2,(H,31,32)(H,33,34)/b20-11-. The highest BCUT2D eigenvalue weighted by Crippen LogP contribution is 2.36. The van der Waals surface area contributed by atoms with Crippen molar-refractivity contribution in [2.24, 2.45) is 4.99 Å². The van der Waals surface area contributed by atoms with Gasteiger partial charge in [-0.15, -0.1) is 0 Å². The van der Waals surface area contributed by atoms with Crippen molar-refractivity contribution in [3.63, 3.8) is 0 Å². The molecule has 2 aromatic carbocycles. The zero-order valence-corrected chi connectivity index (χ0v) is 18.6. The maximum Gasteiger partial charge on any atom is 0.417 e. The lowest BCUT2D eigenvalue weighted by molar-refractivity contribution is -0.137. The van der Waals surface area contributed by atoms with Crippen LogP contribution >= 0.6 is 11.6 Å². The van der Waals surface area contributed by atoms with Crippen LogP contribution in [0.25, 0.3) is 6.08 Å². The quantitative estimate of drug-likeness (QED) is 0.326. The van der Waals surface area contributed by atoms with Gasteiger partial charge in [-0.05, 0) is 48.0 Å². The highest BCUT2D eigenvalue weighted by molar-refractivity contribution is 6.31. The number of carbonyl (C=O) groups excluding carboxylic acids is 1. The molecule has 2 N–H and O–H groups in total. The average molecular weight is 505 g/mol. The summed E-state index contributed by atoms with van der Waals surface area (Å²) in [4.78, 5) is 20.7. The minimum atomic E-state index is -4.72. The van der Waals surface area contributed by atoms with Crippen LogP contribution < -0.4 is 15.4 Å². The highest BCUT2D eigenvalue weighted by atomic mass is 35.5. The molecule has 1 aliphatic heterocycles. The van der Waals surface area contributed by atoms with Crippen LogP contribution in [0.3, 0.4) is 0 Å². The number of hydrogen-bond acceptors (Lipinski definition) is 5. The van der Waals surface area contributed by atoms with Crippen molar-refractivity contribution in [2.75, 3.05) is 18.4 Å². The highest BCUT2D eigenvalue weighted by Gasteiger charge is 2.33. The number of nitrogens with one attached hydrogen (secondary N) is 2. The fourth-order valence-electron chi connectivity index (χ4n) is 3.20. The van der Waals surface area contributed by atoms with E-state index in [1.807, 2.05) is 0 Å². The van der Waals surface area contributed by atoms with Crippen molar-refractivity contribution < 1.29 is 27.1 Å². The Morgan fingerprint density at radius 1 is 1.11 bits per heavy atom. The summed E-state index contributed by atoms with van der Waals surface area (Å²) in [5.74, 6) is -0.896. The summed E-state index contributed by atoms with van der Waals surface area (Å²) in [6.07, 6.45) is -2.21. The van der Waals surface area contributed by atoms with E-state index in [9.17, 15) is 22.4 Å². The van der Waals surface area contributed by atoms with Crippen LogP contribution in [0.5, 0.6) is 11.5 Å². The lowest BCUT2D eigenvalue weighted by atomic mass is 10.1. The van der Waals surface area contributed by atoms with Crippen LogP contribution in [-0.4, -0.2) is 29.8 Å². The molecule has 0 atom stereocenters. The van der Waals surface area contributed by atoms with Gasteiger partial charge in [0.2, 0.25) is 0 Å². The van der Waals surface area contributed by atoms with Crippen LogP contribution in [0.2, 0.25) is 5.02 Å². The van der Waals surface area contributed by atoms with E-state index in [1.165, 1.54) is 6.07 Å². The topological polar surface area (TPSA) is 75.6 Å². The summed E-state index contributed by atoms with van der Waals surface area (Å²) in [6.45, 7) is 1.40. The molecule has 0 aliphatic carbocycles. The molecule has 35 heavy (non-hydrogen) atoms. The Morgan fingerprint density at radius 3 is 2.66 bits per heavy atom. The van der Waals surface area contributed by atoms with Gasteiger partial charge < -0.3 is 15.4 Å². The first-order chi connectivity index (χ1) is 16.7. The zero-order chi connectivity index (χ0) is 25.0. The third-order valence-electron chi connectivity index (χ3n) is 4.78. The van der Waals surface area contributed by atoms with Crippen molar-refractivity contribution in [3.8, 4) is 11.5 Å². The molecule has 1 aliphatic rings. The molecule has 0 saturated carbocycles. The Morgan fingerprint density at radius 2 is 1.91 bits per heavy atom. The summed E-state index contributed by atoms with van der Waals surface area (Å²) in [5, 5.41) is 4.68. The molecular weight excluding hydrogens is 488 g/mol. The number of alkyl halides is 3. The molecule has 2 heterocycles. The molecule has 0 bridgehead atoms. The summed E-state index contributed by atoms with van der Waals surface area (Å²) in [7, 11) is 0. The number of aromatic nitrogens is 1. The van der Waals surface area contributed by atoms with Crippen molar-refractivity contribution in [1.29, 1.82) is 0 Å². The van der Waals surface area contributed by atoms with E-state index in [4.69, 9.17) is 16.3 Å². The Balaban J connectivity index is 1.47. The molecule has 0 fully saturated rings. The Labute approximate surface area is 202 Å². The van der Waals surface area contributed by atoms with Crippen molar-refractivity contribution >= 4 is 35.1 Å². The number of carbonyl (C=O) groups is 1. The first kappa shape index (κ1) is 24.2. The number of pyridine rings is 1. The third kappa shape index (κ3) is 6.15. The lowest BCUT2D eigenvalue weighted by Gasteiger charge is -2.11. The van der Waals surface area contributed by atoms with E-state index >= 15 is 0 Å². The second kappa shape index (κ2) is 10.1. The maximum absolute atomic E-state index is 14.5. The maximum atomic E-state index is 14.5. The number of amidine groups is 1. The molecule has 0 spiro atoms. The number of benzene rings is 2. The van der Waals surface area contributed by atoms with Gasteiger partial charge >= 0.3 is 6.18 Å². The molecule has 6 nitrogen and oxygen atoms in total. The summed E-state index contributed by atoms with van der Waals surface area (Å²) >= 11 is 5.56. The van der Waals surface area contributed by atoms with Crippen molar-refractivity contribution in [1.82, 2.24) is 10.3 Å². The van der Waals surface area contributed by atoms with E-state index in [1.54, 1.807) is 36.5 Å². The Bertz CT molecular complexity index is 1320. The number of aliphatic imine (C=N–C) groups is 1. The fourth-order valence-corrected chi connectivity index (χ4v) is 3.43. The van der Waals surface area contributed by atoms with Crippen LogP contribution in [0.15, 0.2) is 71.6 Å². The molecule has 3 aromatic rings. The van der Waals surface area contributed by atoms with E-state index in [2.05, 4.69) is 20.6 Å². The van der Waals surface area contributed by atoms with Gasteiger partial charge in [-0.25, -0.2) is 4.39 Å². The van der Waals surface area contributed by atoms with Crippen LogP contribution in [0.4, 0.5) is 23.2 Å². The first-order valence-corrected chi connectivity index (χ1v) is 10.6. The smallest absolute Gasteiger partial charge is 0.417 e. The number of hydrogen-bond donors (Lipinski definition) is 2. The zero-order valence-electron chi connectivity index (χ0n) is 17.9. The second-order valence-corrected chi connectivity index (χ2v) is 7.75. The molecule has 4 rings (SSSR count). The molecule has 0 unspecified atom stereocenters. The minimum absolute atomic E-state index is 0.248. The molecule has 1 amide bonds. The van der Waals surface area contributed by atoms with E-state index in [0.29, 0.717) is 41.2 Å². The summed E-state index contributed by atoms with van der Waals surface area (Å²) in [6, 6.07) is 12.4. The van der Waals surface area contributed by atoms with Gasteiger partial charge in [-0.3, -0.25) is 14.8 Å². The molecular formula is C24H17ClF4N4O2. The number of amides is 1. The number of nitrogens with zero attached hydrogens (tertiary/aromatic N) is 2. The summed E-state index contributed by atoms with van der Waals surface area (Å²) in [5.41, 5.74) is -0.462. The van der Waals surface area contributed by atoms with E-state index in [-0.39, 0.29) is 5.69 Å². The lowest BCUT2D eigenvalue weighted by Crippen LogP contribution is -2.20. The van der Waals surface area contributed by atoms with Crippen LogP contribution in [0.1, 0.15) is 16.8 Å². The second-order valence-electron chi connectivity index (χ2n) is 7.35. The molecule has 0 radical (unpaired) electrons. The van der Waals surface area contributed by atoms with Gasteiger partial charge in [-0.1, -0.05) is 23.7 Å². The van der Waals surface area contributed by atoms with Crippen LogP contribution in [0, 0.1) is 0 Å². The van der Waals surface area contributed by atoms with Crippen molar-refractivity contribution in [2.45, 2.75) is 6.18 Å². The molecule has 11 heteroatoms. The van der Waals surface area contributed by atoms with Gasteiger partial charge in [0.05, 0.1) is 17.1 Å². The monoisotopic (exact) mass is 504 g/mol. The molecule has 0 saturated heterocycles. The van der Waals surface area contributed by atoms with Gasteiger partial charge in [0.25, 0.3) is 5.91 Å². The van der Waals surface area contributed by atoms with Crippen LogP contribution in [-0.2, 0) is 11.0 Å². The third-order valence-corrected chi connectivity index (χ3v) is 5.11. The number of halogens is 5. The normalized spacial score (nSPS) is 13.7. The predicted octanol–water partition coefficient (Wildman–Crippen LogP) is 5.85.